The third-order valence-electron chi connectivity index (χ3n) is 4.01. The zero-order chi connectivity index (χ0) is 17.1. The predicted molar refractivity (Wildman–Crippen MR) is 88.5 cm³/mol. The number of esters is 1. The Labute approximate surface area is 140 Å². The van der Waals surface area contributed by atoms with Crippen LogP contribution in [0.5, 0.6) is 0 Å². The van der Waals surface area contributed by atoms with Crippen LogP contribution in [0.25, 0.3) is 0 Å². The number of rotatable bonds is 3. The highest BCUT2D eigenvalue weighted by Crippen LogP contribution is 2.28. The molecule has 0 spiro atoms. The molecular formula is C19H16N2O3. The SMILES string of the molecule is C[C@H](OC(=O)c1cccc(C#N)c1)C(=O)N1CCc2ccccc21. The number of hydrogen-bond acceptors (Lipinski definition) is 4. The average Bonchev–Trinajstić information content (AvgIpc) is 3.05. The van der Waals surface area contributed by atoms with Crippen molar-refractivity contribution in [3.05, 3.63) is 65.2 Å². The normalized spacial score (nSPS) is 13.8. The summed E-state index contributed by atoms with van der Waals surface area (Å²) in [6.07, 6.45) is -0.0957. The Balaban J connectivity index is 1.71. The van der Waals surface area contributed by atoms with Gasteiger partial charge in [0, 0.05) is 12.2 Å². The molecule has 0 bridgehead atoms. The van der Waals surface area contributed by atoms with Gasteiger partial charge in [-0.3, -0.25) is 4.79 Å². The molecule has 1 atom stereocenters. The summed E-state index contributed by atoms with van der Waals surface area (Å²) in [6, 6.07) is 15.9. The van der Waals surface area contributed by atoms with Gasteiger partial charge in [0.15, 0.2) is 6.10 Å². The van der Waals surface area contributed by atoms with Crippen LogP contribution in [0, 0.1) is 11.3 Å². The summed E-state index contributed by atoms with van der Waals surface area (Å²) in [7, 11) is 0. The highest BCUT2D eigenvalue weighted by atomic mass is 16.5. The lowest BCUT2D eigenvalue weighted by Crippen LogP contribution is -2.39. The minimum atomic E-state index is -0.894. The van der Waals surface area contributed by atoms with Gasteiger partial charge in [0.05, 0.1) is 17.2 Å². The predicted octanol–water partition coefficient (Wildman–Crippen LogP) is 2.69. The Morgan fingerprint density at radius 1 is 1.21 bits per heavy atom. The smallest absolute Gasteiger partial charge is 0.338 e. The fraction of sp³-hybridized carbons (Fsp3) is 0.211. The molecule has 3 rings (SSSR count). The van der Waals surface area contributed by atoms with E-state index in [1.54, 1.807) is 30.0 Å². The van der Waals surface area contributed by atoms with E-state index in [-0.39, 0.29) is 11.5 Å². The molecule has 120 valence electrons. The molecule has 0 radical (unpaired) electrons. The largest absolute Gasteiger partial charge is 0.449 e. The Bertz CT molecular complexity index is 839. The maximum absolute atomic E-state index is 12.6. The quantitative estimate of drug-likeness (QED) is 0.815. The van der Waals surface area contributed by atoms with E-state index in [2.05, 4.69) is 0 Å². The Hall–Kier alpha value is -3.13. The molecule has 1 aliphatic heterocycles. The van der Waals surface area contributed by atoms with Gasteiger partial charge in [0.2, 0.25) is 0 Å². The van der Waals surface area contributed by atoms with Crippen molar-refractivity contribution in [2.24, 2.45) is 0 Å². The average molecular weight is 320 g/mol. The van der Waals surface area contributed by atoms with Gasteiger partial charge in [-0.2, -0.15) is 5.26 Å². The van der Waals surface area contributed by atoms with Gasteiger partial charge < -0.3 is 9.64 Å². The highest BCUT2D eigenvalue weighted by Gasteiger charge is 2.29. The van der Waals surface area contributed by atoms with Gasteiger partial charge in [0.1, 0.15) is 0 Å². The number of fused-ring (bicyclic) bond motifs is 1. The number of carbonyl (C=O) groups excluding carboxylic acids is 2. The number of benzene rings is 2. The first-order chi connectivity index (χ1) is 11.6. The van der Waals surface area contributed by atoms with Crippen molar-refractivity contribution in [2.45, 2.75) is 19.4 Å². The third-order valence-corrected chi connectivity index (χ3v) is 4.01. The van der Waals surface area contributed by atoms with E-state index in [0.29, 0.717) is 12.1 Å². The molecule has 0 saturated carbocycles. The molecule has 1 heterocycles. The summed E-state index contributed by atoms with van der Waals surface area (Å²) in [4.78, 5) is 26.4. The van der Waals surface area contributed by atoms with Crippen LogP contribution in [0.3, 0.4) is 0 Å². The molecule has 2 aromatic rings. The van der Waals surface area contributed by atoms with Gasteiger partial charge in [0.25, 0.3) is 5.91 Å². The van der Waals surface area contributed by atoms with Crippen molar-refractivity contribution in [3.8, 4) is 6.07 Å². The molecule has 0 N–H and O–H groups in total. The molecule has 0 aliphatic carbocycles. The second-order valence-corrected chi connectivity index (χ2v) is 5.61. The minimum absolute atomic E-state index is 0.246. The first-order valence-electron chi connectivity index (χ1n) is 7.70. The number of amides is 1. The number of anilines is 1. The van der Waals surface area contributed by atoms with Crippen LogP contribution in [0.2, 0.25) is 0 Å². The van der Waals surface area contributed by atoms with E-state index in [4.69, 9.17) is 10.00 Å². The van der Waals surface area contributed by atoms with Crippen molar-refractivity contribution in [1.29, 1.82) is 5.26 Å². The van der Waals surface area contributed by atoms with Crippen LogP contribution in [0.4, 0.5) is 5.69 Å². The monoisotopic (exact) mass is 320 g/mol. The summed E-state index contributed by atoms with van der Waals surface area (Å²) in [5, 5.41) is 8.89. The number of carbonyl (C=O) groups is 2. The summed E-state index contributed by atoms with van der Waals surface area (Å²) >= 11 is 0. The third kappa shape index (κ3) is 2.99. The molecule has 24 heavy (non-hydrogen) atoms. The van der Waals surface area contributed by atoms with E-state index in [0.717, 1.165) is 17.7 Å². The minimum Gasteiger partial charge on any atom is -0.449 e. The van der Waals surface area contributed by atoms with Gasteiger partial charge in [-0.05, 0) is 43.2 Å². The van der Waals surface area contributed by atoms with Crippen LogP contribution < -0.4 is 4.90 Å². The second-order valence-electron chi connectivity index (χ2n) is 5.61. The molecule has 0 saturated heterocycles. The molecule has 0 fully saturated rings. The number of hydrogen-bond donors (Lipinski definition) is 0. The van der Waals surface area contributed by atoms with E-state index < -0.39 is 12.1 Å². The van der Waals surface area contributed by atoms with Gasteiger partial charge >= 0.3 is 5.97 Å². The first-order valence-corrected chi connectivity index (χ1v) is 7.70. The van der Waals surface area contributed by atoms with Crippen LogP contribution >= 0.6 is 0 Å². The zero-order valence-corrected chi connectivity index (χ0v) is 13.2. The number of para-hydroxylation sites is 1. The molecular weight excluding hydrogens is 304 g/mol. The van der Waals surface area contributed by atoms with Crippen LogP contribution in [0.15, 0.2) is 48.5 Å². The first kappa shape index (κ1) is 15.8. The Kier molecular flexibility index (Phi) is 4.30. The van der Waals surface area contributed by atoms with E-state index >= 15 is 0 Å². The molecule has 5 nitrogen and oxygen atoms in total. The van der Waals surface area contributed by atoms with Gasteiger partial charge in [-0.15, -0.1) is 0 Å². The fourth-order valence-corrected chi connectivity index (χ4v) is 2.78. The number of nitrogens with zero attached hydrogens (tertiary/aromatic N) is 2. The lowest BCUT2D eigenvalue weighted by molar-refractivity contribution is -0.126. The van der Waals surface area contributed by atoms with Crippen molar-refractivity contribution in [1.82, 2.24) is 0 Å². The fourth-order valence-electron chi connectivity index (χ4n) is 2.78. The van der Waals surface area contributed by atoms with Crippen molar-refractivity contribution in [3.63, 3.8) is 0 Å². The number of ether oxygens (including phenoxy) is 1. The molecule has 5 heteroatoms. The summed E-state index contributed by atoms with van der Waals surface area (Å²) in [6.45, 7) is 2.15. The zero-order valence-electron chi connectivity index (χ0n) is 13.2. The Morgan fingerprint density at radius 3 is 2.79 bits per heavy atom. The molecule has 1 amide bonds. The van der Waals surface area contributed by atoms with Crippen LogP contribution in [-0.4, -0.2) is 24.5 Å². The maximum Gasteiger partial charge on any atom is 0.338 e. The van der Waals surface area contributed by atoms with Gasteiger partial charge in [-0.25, -0.2) is 4.79 Å². The molecule has 0 aromatic heterocycles. The molecule has 2 aromatic carbocycles. The Morgan fingerprint density at radius 2 is 2.00 bits per heavy atom. The lowest BCUT2D eigenvalue weighted by atomic mass is 10.1. The summed E-state index contributed by atoms with van der Waals surface area (Å²) < 4.78 is 5.29. The number of nitriles is 1. The van der Waals surface area contributed by atoms with Crippen LogP contribution in [-0.2, 0) is 16.0 Å². The van der Waals surface area contributed by atoms with E-state index in [9.17, 15) is 9.59 Å². The molecule has 0 unspecified atom stereocenters. The standard InChI is InChI=1S/C19H16N2O3/c1-13(24-19(23)16-7-4-5-14(11-16)12-20)18(22)21-10-9-15-6-2-3-8-17(15)21/h2-8,11,13H,9-10H2,1H3/t13-/m0/s1. The second kappa shape index (κ2) is 6.55. The molecule has 1 aliphatic rings. The lowest BCUT2D eigenvalue weighted by Gasteiger charge is -2.21. The maximum atomic E-state index is 12.6. The van der Waals surface area contributed by atoms with E-state index in [1.807, 2.05) is 30.3 Å². The van der Waals surface area contributed by atoms with Crippen LogP contribution in [0.1, 0.15) is 28.4 Å². The summed E-state index contributed by atoms with van der Waals surface area (Å²) in [5.41, 5.74) is 2.62. The summed E-state index contributed by atoms with van der Waals surface area (Å²) in [5.74, 6) is -0.856. The highest BCUT2D eigenvalue weighted by molar-refractivity contribution is 6.00. The van der Waals surface area contributed by atoms with Crippen molar-refractivity contribution in [2.75, 3.05) is 11.4 Å². The van der Waals surface area contributed by atoms with Gasteiger partial charge in [-0.1, -0.05) is 24.3 Å². The van der Waals surface area contributed by atoms with Crippen molar-refractivity contribution < 1.29 is 14.3 Å². The topological polar surface area (TPSA) is 70.4 Å². The van der Waals surface area contributed by atoms with E-state index in [1.165, 1.54) is 6.07 Å². The van der Waals surface area contributed by atoms with Crippen molar-refractivity contribution >= 4 is 17.6 Å².